The van der Waals surface area contributed by atoms with Crippen LogP contribution in [0.4, 0.5) is 0 Å². The van der Waals surface area contributed by atoms with Crippen LogP contribution in [0.1, 0.15) is 16.7 Å². The molecule has 0 radical (unpaired) electrons. The van der Waals surface area contributed by atoms with E-state index in [1.165, 1.54) is 0 Å². The van der Waals surface area contributed by atoms with Gasteiger partial charge in [-0.15, -0.1) is 0 Å². The fraction of sp³-hybridized carbons (Fsp3) is 0.438. The first kappa shape index (κ1) is 29.6. The third-order valence-corrected chi connectivity index (χ3v) is 8.42. The second-order valence-corrected chi connectivity index (χ2v) is 16.9. The molecule has 7 heteroatoms. The van der Waals surface area contributed by atoms with Crippen molar-refractivity contribution in [2.24, 2.45) is 0 Å². The zero-order chi connectivity index (χ0) is 27.5. The quantitative estimate of drug-likeness (QED) is 0.255. The summed E-state index contributed by atoms with van der Waals surface area (Å²) in [6, 6.07) is 30.9. The van der Waals surface area contributed by atoms with Crippen LogP contribution in [0, 0.1) is 0 Å². The van der Waals surface area contributed by atoms with Crippen LogP contribution in [-0.2, 0) is 43.5 Å². The Morgan fingerprint density at radius 1 is 0.667 bits per heavy atom. The first-order valence-electron chi connectivity index (χ1n) is 13.8. The number of aliphatic hydroxyl groups excluding tert-OH is 1. The molecule has 3 aromatic rings. The van der Waals surface area contributed by atoms with Gasteiger partial charge in [-0.25, -0.2) is 0 Å². The molecule has 1 aliphatic rings. The number of benzene rings is 3. The SMILES string of the molecule is C[Si](C)(C)CCO[C@@H]1O[C@H](COCc2ccccc2)[C@H](O)[C@H](OCc2ccccc2)[C@H]1OCc1ccccc1. The van der Waals surface area contributed by atoms with E-state index < -0.39 is 38.8 Å². The molecule has 0 saturated carbocycles. The lowest BCUT2D eigenvalue weighted by Crippen LogP contribution is -2.61. The average molecular weight is 551 g/mol. The zero-order valence-corrected chi connectivity index (χ0v) is 24.3. The Hall–Kier alpha value is -2.36. The molecule has 210 valence electrons. The van der Waals surface area contributed by atoms with Crippen molar-refractivity contribution in [2.45, 2.75) is 76.2 Å². The highest BCUT2D eigenvalue weighted by atomic mass is 28.3. The number of hydrogen-bond donors (Lipinski definition) is 1. The van der Waals surface area contributed by atoms with E-state index in [9.17, 15) is 5.11 Å². The van der Waals surface area contributed by atoms with Crippen molar-refractivity contribution in [2.75, 3.05) is 13.2 Å². The lowest BCUT2D eigenvalue weighted by atomic mass is 9.98. The number of rotatable bonds is 14. The molecule has 1 heterocycles. The van der Waals surface area contributed by atoms with Crippen molar-refractivity contribution in [3.63, 3.8) is 0 Å². The molecule has 5 atom stereocenters. The molecular weight excluding hydrogens is 508 g/mol. The summed E-state index contributed by atoms with van der Waals surface area (Å²) in [5, 5.41) is 11.5. The highest BCUT2D eigenvalue weighted by Gasteiger charge is 2.47. The predicted molar refractivity (Wildman–Crippen MR) is 155 cm³/mol. The van der Waals surface area contributed by atoms with E-state index in [4.69, 9.17) is 23.7 Å². The largest absolute Gasteiger partial charge is 0.387 e. The summed E-state index contributed by atoms with van der Waals surface area (Å²) in [7, 11) is -1.33. The molecule has 6 nitrogen and oxygen atoms in total. The summed E-state index contributed by atoms with van der Waals surface area (Å²) < 4.78 is 31.4. The topological polar surface area (TPSA) is 66.4 Å². The third-order valence-electron chi connectivity index (χ3n) is 6.72. The number of ether oxygens (including phenoxy) is 5. The third kappa shape index (κ3) is 9.65. The van der Waals surface area contributed by atoms with Gasteiger partial charge in [-0.05, 0) is 22.7 Å². The second-order valence-electron chi connectivity index (χ2n) is 11.2. The van der Waals surface area contributed by atoms with Gasteiger partial charge in [0.2, 0.25) is 0 Å². The highest BCUT2D eigenvalue weighted by Crippen LogP contribution is 2.29. The normalized spacial score (nSPS) is 23.5. The smallest absolute Gasteiger partial charge is 0.186 e. The summed E-state index contributed by atoms with van der Waals surface area (Å²) in [4.78, 5) is 0. The van der Waals surface area contributed by atoms with Crippen molar-refractivity contribution in [1.29, 1.82) is 0 Å². The zero-order valence-electron chi connectivity index (χ0n) is 23.3. The van der Waals surface area contributed by atoms with Crippen LogP contribution in [0.5, 0.6) is 0 Å². The monoisotopic (exact) mass is 550 g/mol. The van der Waals surface area contributed by atoms with Crippen molar-refractivity contribution < 1.29 is 28.8 Å². The van der Waals surface area contributed by atoms with Crippen LogP contribution < -0.4 is 0 Å². The molecule has 1 aliphatic heterocycles. The van der Waals surface area contributed by atoms with Gasteiger partial charge >= 0.3 is 0 Å². The van der Waals surface area contributed by atoms with Crippen LogP contribution >= 0.6 is 0 Å². The Balaban J connectivity index is 1.50. The van der Waals surface area contributed by atoms with Gasteiger partial charge in [-0.3, -0.25) is 0 Å². The highest BCUT2D eigenvalue weighted by molar-refractivity contribution is 6.76. The maximum atomic E-state index is 11.5. The molecule has 1 N–H and O–H groups in total. The molecule has 4 rings (SSSR count). The molecule has 0 aromatic heterocycles. The molecule has 39 heavy (non-hydrogen) atoms. The minimum Gasteiger partial charge on any atom is -0.387 e. The lowest BCUT2D eigenvalue weighted by molar-refractivity contribution is -0.320. The molecular formula is C32H42O6Si. The van der Waals surface area contributed by atoms with Gasteiger partial charge in [0.1, 0.15) is 24.4 Å². The van der Waals surface area contributed by atoms with E-state index in [-0.39, 0.29) is 6.61 Å². The van der Waals surface area contributed by atoms with E-state index >= 15 is 0 Å². The summed E-state index contributed by atoms with van der Waals surface area (Å²) >= 11 is 0. The van der Waals surface area contributed by atoms with Gasteiger partial charge < -0.3 is 28.8 Å². The van der Waals surface area contributed by atoms with Gasteiger partial charge in [-0.1, -0.05) is 111 Å². The maximum Gasteiger partial charge on any atom is 0.186 e. The fourth-order valence-electron chi connectivity index (χ4n) is 4.41. The molecule has 0 aliphatic carbocycles. The first-order valence-corrected chi connectivity index (χ1v) is 17.5. The number of hydrogen-bond acceptors (Lipinski definition) is 6. The molecule has 0 spiro atoms. The van der Waals surface area contributed by atoms with Crippen LogP contribution in [0.15, 0.2) is 91.0 Å². The molecule has 1 fully saturated rings. The van der Waals surface area contributed by atoms with Crippen LogP contribution in [-0.4, -0.2) is 57.1 Å². The van der Waals surface area contributed by atoms with Crippen LogP contribution in [0.3, 0.4) is 0 Å². The number of aliphatic hydroxyl groups is 1. The van der Waals surface area contributed by atoms with E-state index in [0.717, 1.165) is 22.7 Å². The molecule has 3 aromatic carbocycles. The molecule has 1 saturated heterocycles. The predicted octanol–water partition coefficient (Wildman–Crippen LogP) is 5.81. The van der Waals surface area contributed by atoms with Crippen LogP contribution in [0.25, 0.3) is 0 Å². The Kier molecular flexibility index (Phi) is 11.3. The maximum absolute atomic E-state index is 11.5. The lowest BCUT2D eigenvalue weighted by Gasteiger charge is -2.44. The van der Waals surface area contributed by atoms with Crippen molar-refractivity contribution in [1.82, 2.24) is 0 Å². The molecule has 0 bridgehead atoms. The molecule has 0 unspecified atom stereocenters. The standard InChI is InChI=1S/C32H42O6Si/c1-39(2,3)20-19-35-32-31(37-23-27-17-11-6-12-18-27)30(36-22-26-15-9-5-10-16-26)29(33)28(38-32)24-34-21-25-13-7-4-8-14-25/h4-18,28-33H,19-24H2,1-3H3/t28-,29+,30+,31-,32-/m1/s1. The Morgan fingerprint density at radius 2 is 1.15 bits per heavy atom. The minimum absolute atomic E-state index is 0.209. The van der Waals surface area contributed by atoms with Crippen molar-refractivity contribution in [3.05, 3.63) is 108 Å². The summed E-state index contributed by atoms with van der Waals surface area (Å²) in [6.45, 7) is 8.85. The first-order chi connectivity index (χ1) is 18.9. The molecule has 0 amide bonds. The van der Waals surface area contributed by atoms with Gasteiger partial charge in [-0.2, -0.15) is 0 Å². The van der Waals surface area contributed by atoms with Gasteiger partial charge in [0, 0.05) is 14.7 Å². The summed E-state index contributed by atoms with van der Waals surface area (Å²) in [6.07, 6.45) is -3.55. The van der Waals surface area contributed by atoms with E-state index in [0.29, 0.717) is 26.4 Å². The Labute approximate surface area is 233 Å². The van der Waals surface area contributed by atoms with E-state index in [1.807, 2.05) is 91.0 Å². The van der Waals surface area contributed by atoms with Crippen molar-refractivity contribution in [3.8, 4) is 0 Å². The van der Waals surface area contributed by atoms with Gasteiger partial charge in [0.05, 0.1) is 26.4 Å². The van der Waals surface area contributed by atoms with Crippen LogP contribution in [0.2, 0.25) is 25.7 Å². The second kappa shape index (κ2) is 14.9. The van der Waals surface area contributed by atoms with E-state index in [1.54, 1.807) is 0 Å². The minimum atomic E-state index is -1.33. The van der Waals surface area contributed by atoms with E-state index in [2.05, 4.69) is 19.6 Å². The van der Waals surface area contributed by atoms with Gasteiger partial charge in [0.25, 0.3) is 0 Å². The van der Waals surface area contributed by atoms with Crippen molar-refractivity contribution >= 4 is 8.07 Å². The average Bonchev–Trinajstić information content (AvgIpc) is 2.94. The summed E-state index contributed by atoms with van der Waals surface area (Å²) in [5.74, 6) is 0. The summed E-state index contributed by atoms with van der Waals surface area (Å²) in [5.41, 5.74) is 3.11. The Morgan fingerprint density at radius 3 is 1.67 bits per heavy atom. The Bertz CT molecular complexity index is 1080. The van der Waals surface area contributed by atoms with Gasteiger partial charge in [0.15, 0.2) is 6.29 Å². The fourth-order valence-corrected chi connectivity index (χ4v) is 5.14.